The molecule has 0 saturated heterocycles. The van der Waals surface area contributed by atoms with Gasteiger partial charge in [0.1, 0.15) is 5.82 Å². The molecule has 0 N–H and O–H groups in total. The Kier molecular flexibility index (Phi) is 18.4. The van der Waals surface area contributed by atoms with Crippen LogP contribution >= 0.6 is 0 Å². The molecule has 14 aromatic carbocycles. The fourth-order valence-corrected chi connectivity index (χ4v) is 22.0. The summed E-state index contributed by atoms with van der Waals surface area (Å²) in [5.41, 5.74) is 39.1. The van der Waals surface area contributed by atoms with Gasteiger partial charge in [-0.25, -0.2) is 4.98 Å². The second-order valence-corrected chi connectivity index (χ2v) is 34.1. The molecule has 0 unspecified atom stereocenters. The first-order valence-electron chi connectivity index (χ1n) is 44.9. The predicted molar refractivity (Wildman–Crippen MR) is 535 cm³/mol. The van der Waals surface area contributed by atoms with Crippen molar-refractivity contribution in [3.05, 3.63) is 553 Å². The smallest absolute Gasteiger partial charge is 0.138 e. The molecule has 0 amide bonds. The lowest BCUT2D eigenvalue weighted by molar-refractivity contribution is 0.769. The minimum absolute atomic E-state index is 0.452. The number of benzene rings is 14. The van der Waals surface area contributed by atoms with E-state index in [2.05, 4.69) is 411 Å². The number of hydrogen-bond donors (Lipinski definition) is 0. The van der Waals surface area contributed by atoms with Crippen LogP contribution in [0.25, 0.3) is 150 Å². The van der Waals surface area contributed by atoms with Crippen LogP contribution in [0.2, 0.25) is 0 Å². The molecular formula is C122H80N10. The van der Waals surface area contributed by atoms with Crippen molar-refractivity contribution in [2.45, 2.75) is 16.2 Å². The maximum absolute atomic E-state index is 5.12. The first-order valence-corrected chi connectivity index (χ1v) is 44.9. The van der Waals surface area contributed by atoms with Crippen molar-refractivity contribution in [2.24, 2.45) is 0 Å². The molecule has 0 aliphatic heterocycles. The largest absolute Gasteiger partial charge is 0.308 e. The van der Waals surface area contributed by atoms with Crippen LogP contribution in [0.3, 0.4) is 0 Å². The van der Waals surface area contributed by atoms with Crippen LogP contribution in [0, 0.1) is 0 Å². The summed E-state index contributed by atoms with van der Waals surface area (Å²) >= 11 is 0. The van der Waals surface area contributed by atoms with Crippen LogP contribution in [-0.2, 0) is 16.2 Å². The zero-order valence-electron chi connectivity index (χ0n) is 71.7. The van der Waals surface area contributed by atoms with E-state index in [1.807, 2.05) is 97.8 Å². The van der Waals surface area contributed by atoms with Gasteiger partial charge in [0.15, 0.2) is 0 Å². The Bertz CT molecular complexity index is 7640. The number of fused-ring (bicyclic) bond motifs is 18. The quantitative estimate of drug-likeness (QED) is 0.120. The number of rotatable bonds is 12. The third-order valence-corrected chi connectivity index (χ3v) is 27.3. The van der Waals surface area contributed by atoms with Gasteiger partial charge >= 0.3 is 0 Å². The molecule has 27 rings (SSSR count). The topological polar surface area (TPSA) is 105 Å². The first-order chi connectivity index (χ1) is 65.5. The van der Waals surface area contributed by atoms with Crippen LogP contribution in [0.1, 0.15) is 66.8 Å². The SMILES string of the molecule is c1ccc(C2(c3ccccc3)c3ccccc3-c3cc4c(cc32)c2ncccc2n4-c2cccc(-c3ccccn3)c2)cc1.c1ccc(C2(c3ccccc3)c3ccccc3-c3cc4c(cc32)c2ncccc2n4-c2cccc(-c3ccccn3)n2)cc1.c1ccc(C2(c3ccccc3)c3ccccc3-c3cc4c(cc32)c2ncccc2n4-c2cccc(-c3cccnc3)c2)cc1. The maximum Gasteiger partial charge on any atom is 0.138 e. The summed E-state index contributed by atoms with van der Waals surface area (Å²) in [5, 5.41) is 3.40. The zero-order chi connectivity index (χ0) is 87.3. The lowest BCUT2D eigenvalue weighted by atomic mass is 9.67. The molecule has 0 radical (unpaired) electrons. The van der Waals surface area contributed by atoms with Gasteiger partial charge < -0.3 is 9.13 Å². The van der Waals surface area contributed by atoms with Crippen molar-refractivity contribution in [3.63, 3.8) is 0 Å². The van der Waals surface area contributed by atoms with Gasteiger partial charge in [0.2, 0.25) is 0 Å². The van der Waals surface area contributed by atoms with Crippen LogP contribution in [0.5, 0.6) is 0 Å². The molecule has 3 aliphatic rings. The second-order valence-electron chi connectivity index (χ2n) is 34.1. The van der Waals surface area contributed by atoms with Crippen LogP contribution in [0.4, 0.5) is 0 Å². The summed E-state index contributed by atoms with van der Waals surface area (Å²) in [6, 6.07) is 159. The molecule has 10 aromatic heterocycles. The minimum atomic E-state index is -0.469. The highest BCUT2D eigenvalue weighted by Gasteiger charge is 2.50. The zero-order valence-corrected chi connectivity index (χ0v) is 71.7. The van der Waals surface area contributed by atoms with Gasteiger partial charge in [-0.3, -0.25) is 34.5 Å². The van der Waals surface area contributed by atoms with Crippen molar-refractivity contribution in [1.82, 2.24) is 48.6 Å². The molecule has 10 heterocycles. The summed E-state index contributed by atoms with van der Waals surface area (Å²) in [7, 11) is 0. The summed E-state index contributed by atoms with van der Waals surface area (Å²) in [5.74, 6) is 0.838. The highest BCUT2D eigenvalue weighted by Crippen LogP contribution is 2.62. The highest BCUT2D eigenvalue weighted by molar-refractivity contribution is 6.13. The maximum atomic E-state index is 5.12. The minimum Gasteiger partial charge on any atom is -0.308 e. The second kappa shape index (κ2) is 31.5. The van der Waals surface area contributed by atoms with Gasteiger partial charge in [-0.1, -0.05) is 303 Å². The monoisotopic (exact) mass is 1680 g/mol. The van der Waals surface area contributed by atoms with Crippen LogP contribution < -0.4 is 0 Å². The van der Waals surface area contributed by atoms with E-state index in [1.54, 1.807) is 6.20 Å². The number of aromatic nitrogens is 10. The summed E-state index contributed by atoms with van der Waals surface area (Å²) in [6.45, 7) is 0. The lowest BCUT2D eigenvalue weighted by Crippen LogP contribution is -2.28. The molecule has 0 fully saturated rings. The molecule has 0 atom stereocenters. The van der Waals surface area contributed by atoms with Gasteiger partial charge in [-0.05, 0) is 245 Å². The van der Waals surface area contributed by atoms with Gasteiger partial charge in [0.05, 0.1) is 83.0 Å². The molecule has 3 aliphatic carbocycles. The Morgan fingerprint density at radius 2 is 0.515 bits per heavy atom. The predicted octanol–water partition coefficient (Wildman–Crippen LogP) is 28.2. The van der Waals surface area contributed by atoms with E-state index in [9.17, 15) is 0 Å². The van der Waals surface area contributed by atoms with Gasteiger partial charge in [-0.15, -0.1) is 0 Å². The van der Waals surface area contributed by atoms with Crippen molar-refractivity contribution in [3.8, 4) is 84.3 Å². The normalized spacial score (nSPS) is 13.2. The standard InChI is InChI=1S/2C41H27N3.C40H26N4/c1-3-14-30(15-4-1)41(31-16-5-2-6-17-31)36-20-8-7-19-33(36)34-26-39-35(25-37(34)41)40-38(21-11-23-43-40)44(39)32-18-9-12-28(24-32)29-13-10-22-42-27-29;1-3-14-29(15-4-1)41(30-16-5-2-6-17-30)35-20-8-7-19-32(35)33-27-39-34(26-36(33)41)40-38(22-12-24-43-40)44(39)31-18-11-13-28(25-31)37-21-9-10-23-42-37;1-3-13-27(14-4-1)40(28-15-5-2-6-16-28)32-18-8-7-17-29(32)30-26-37-31(25-33(30)40)39-36(21-12-24-42-39)44(37)38-22-11-20-35(43-38)34-19-9-10-23-41-34/h2*1-27H;1-26H. The third kappa shape index (κ3) is 11.9. The van der Waals surface area contributed by atoms with E-state index >= 15 is 0 Å². The van der Waals surface area contributed by atoms with E-state index in [0.717, 1.165) is 117 Å². The van der Waals surface area contributed by atoms with Crippen molar-refractivity contribution < 1.29 is 0 Å². The van der Waals surface area contributed by atoms with Crippen LogP contribution in [-0.4, -0.2) is 48.6 Å². The van der Waals surface area contributed by atoms with Crippen molar-refractivity contribution in [2.75, 3.05) is 0 Å². The molecule has 0 bridgehead atoms. The Balaban J connectivity index is 0.000000106. The molecule has 0 saturated carbocycles. The lowest BCUT2D eigenvalue weighted by Gasteiger charge is -2.33. The Labute approximate surface area is 762 Å². The molecule has 132 heavy (non-hydrogen) atoms. The molecule has 10 heteroatoms. The molecule has 618 valence electrons. The molecule has 10 nitrogen and oxygen atoms in total. The van der Waals surface area contributed by atoms with E-state index in [1.165, 1.54) is 100 Å². The fraction of sp³-hybridized carbons (Fsp3) is 0.0246. The van der Waals surface area contributed by atoms with E-state index in [4.69, 9.17) is 19.9 Å². The van der Waals surface area contributed by atoms with Crippen molar-refractivity contribution in [1.29, 1.82) is 0 Å². The summed E-state index contributed by atoms with van der Waals surface area (Å²) in [6.07, 6.45) is 13.1. The van der Waals surface area contributed by atoms with Crippen molar-refractivity contribution >= 4 is 65.8 Å². The number of hydrogen-bond acceptors (Lipinski definition) is 7. The third-order valence-electron chi connectivity index (χ3n) is 27.3. The van der Waals surface area contributed by atoms with Gasteiger partial charge in [0, 0.05) is 82.0 Å². The Morgan fingerprint density at radius 3 is 0.909 bits per heavy atom. The van der Waals surface area contributed by atoms with Gasteiger partial charge in [0.25, 0.3) is 0 Å². The van der Waals surface area contributed by atoms with Gasteiger partial charge in [-0.2, -0.15) is 0 Å². The van der Waals surface area contributed by atoms with E-state index in [-0.39, 0.29) is 0 Å². The first kappa shape index (κ1) is 76.9. The summed E-state index contributed by atoms with van der Waals surface area (Å²) < 4.78 is 6.97. The number of nitrogens with zero attached hydrogens (tertiary/aromatic N) is 10. The molecule has 24 aromatic rings. The van der Waals surface area contributed by atoms with Crippen LogP contribution in [0.15, 0.2) is 486 Å². The van der Waals surface area contributed by atoms with E-state index in [0.29, 0.717) is 0 Å². The average Bonchev–Trinajstić information content (AvgIpc) is 1.53. The molecular weight excluding hydrogens is 1610 g/mol. The Hall–Kier alpha value is -17.5. The Morgan fingerprint density at radius 1 is 0.189 bits per heavy atom. The molecule has 0 spiro atoms. The average molecular weight is 1690 g/mol. The fourth-order valence-electron chi connectivity index (χ4n) is 22.0. The highest BCUT2D eigenvalue weighted by atomic mass is 15.1. The summed E-state index contributed by atoms with van der Waals surface area (Å²) in [4.78, 5) is 33.5. The number of pyridine rings is 7. The van der Waals surface area contributed by atoms with E-state index < -0.39 is 16.2 Å².